The van der Waals surface area contributed by atoms with Crippen molar-refractivity contribution in [3.8, 4) is 0 Å². The van der Waals surface area contributed by atoms with E-state index >= 15 is 0 Å². The van der Waals surface area contributed by atoms with Gasteiger partial charge in [-0.15, -0.1) is 0 Å². The first kappa shape index (κ1) is 12.7. The second-order valence-corrected chi connectivity index (χ2v) is 3.46. The summed E-state index contributed by atoms with van der Waals surface area (Å²) in [5.74, 6) is 0.0700. The van der Waals surface area contributed by atoms with Crippen LogP contribution in [0.5, 0.6) is 0 Å². The van der Waals surface area contributed by atoms with Gasteiger partial charge in [0.1, 0.15) is 5.82 Å². The molecule has 0 spiro atoms. The molecule has 1 unspecified atom stereocenters. The largest absolute Gasteiger partial charge is 0.479 e. The summed E-state index contributed by atoms with van der Waals surface area (Å²) in [5, 5.41) is 8.91. The molecule has 0 aromatic carbocycles. The van der Waals surface area contributed by atoms with Crippen LogP contribution in [0.25, 0.3) is 0 Å². The number of aryl methyl sites for hydroxylation is 2. The lowest BCUT2D eigenvalue weighted by atomic mass is 10.2. The average molecular weight is 226 g/mol. The Morgan fingerprint density at radius 1 is 1.62 bits per heavy atom. The number of carbonyl (C=O) groups is 1. The first-order chi connectivity index (χ1) is 7.69. The zero-order valence-electron chi connectivity index (χ0n) is 9.72. The van der Waals surface area contributed by atoms with Crippen molar-refractivity contribution in [3.05, 3.63) is 18.2 Å². The van der Waals surface area contributed by atoms with Crippen LogP contribution in [0, 0.1) is 0 Å². The number of hydrogen-bond donors (Lipinski definition) is 1. The van der Waals surface area contributed by atoms with Crippen molar-refractivity contribution in [2.24, 2.45) is 0 Å². The molecule has 1 N–H and O–H groups in total. The van der Waals surface area contributed by atoms with E-state index in [2.05, 4.69) is 4.98 Å². The van der Waals surface area contributed by atoms with Crippen LogP contribution in [-0.4, -0.2) is 33.3 Å². The van der Waals surface area contributed by atoms with Gasteiger partial charge in [-0.1, -0.05) is 6.92 Å². The molecule has 1 aromatic heterocycles. The van der Waals surface area contributed by atoms with E-state index in [4.69, 9.17) is 9.84 Å². The van der Waals surface area contributed by atoms with Gasteiger partial charge >= 0.3 is 5.97 Å². The standard InChI is InChI=1S/C11H18N2O3/c1-3-10-12-6-8-13(10)7-5-9(11(14)15)16-4-2/h6,8-9H,3-5,7H2,1-2H3,(H,14,15). The summed E-state index contributed by atoms with van der Waals surface area (Å²) >= 11 is 0. The highest BCUT2D eigenvalue weighted by Gasteiger charge is 2.17. The Balaban J connectivity index is 2.51. The molecule has 16 heavy (non-hydrogen) atoms. The Hall–Kier alpha value is -1.36. The van der Waals surface area contributed by atoms with E-state index < -0.39 is 12.1 Å². The maximum atomic E-state index is 10.9. The predicted octanol–water partition coefficient (Wildman–Crippen LogP) is 1.33. The highest BCUT2D eigenvalue weighted by molar-refractivity contribution is 5.72. The van der Waals surface area contributed by atoms with Gasteiger partial charge in [-0.2, -0.15) is 0 Å². The maximum Gasteiger partial charge on any atom is 0.332 e. The maximum absolute atomic E-state index is 10.9. The fraction of sp³-hybridized carbons (Fsp3) is 0.636. The fourth-order valence-electron chi connectivity index (χ4n) is 1.59. The lowest BCUT2D eigenvalue weighted by molar-refractivity contribution is -0.150. The summed E-state index contributed by atoms with van der Waals surface area (Å²) in [7, 11) is 0. The highest BCUT2D eigenvalue weighted by Crippen LogP contribution is 2.05. The third kappa shape index (κ3) is 3.34. The molecule has 0 saturated carbocycles. The number of carboxylic acid groups (broad SMARTS) is 1. The summed E-state index contributed by atoms with van der Waals surface area (Å²) in [6.07, 6.45) is 4.18. The smallest absolute Gasteiger partial charge is 0.332 e. The lowest BCUT2D eigenvalue weighted by Gasteiger charge is -2.13. The topological polar surface area (TPSA) is 64.4 Å². The Morgan fingerprint density at radius 3 is 2.94 bits per heavy atom. The molecule has 1 heterocycles. The number of rotatable bonds is 7. The van der Waals surface area contributed by atoms with Crippen LogP contribution in [-0.2, 0) is 22.5 Å². The fourth-order valence-corrected chi connectivity index (χ4v) is 1.59. The number of carboxylic acids is 1. The monoisotopic (exact) mass is 226 g/mol. The molecular weight excluding hydrogens is 208 g/mol. The van der Waals surface area contributed by atoms with Crippen LogP contribution in [0.3, 0.4) is 0 Å². The molecule has 0 aliphatic carbocycles. The molecule has 0 bridgehead atoms. The molecule has 0 amide bonds. The van der Waals surface area contributed by atoms with Gasteiger partial charge in [-0.25, -0.2) is 9.78 Å². The summed E-state index contributed by atoms with van der Waals surface area (Å²) in [4.78, 5) is 15.0. The average Bonchev–Trinajstić information content (AvgIpc) is 2.71. The number of aliphatic carboxylic acids is 1. The van der Waals surface area contributed by atoms with E-state index in [1.807, 2.05) is 17.7 Å². The molecule has 1 rings (SSSR count). The van der Waals surface area contributed by atoms with Gasteiger partial charge in [0.05, 0.1) is 0 Å². The van der Waals surface area contributed by atoms with Crippen molar-refractivity contribution in [2.45, 2.75) is 39.3 Å². The van der Waals surface area contributed by atoms with Gasteiger partial charge in [0, 0.05) is 38.4 Å². The van der Waals surface area contributed by atoms with Gasteiger partial charge in [0.25, 0.3) is 0 Å². The van der Waals surface area contributed by atoms with Crippen molar-refractivity contribution >= 4 is 5.97 Å². The van der Waals surface area contributed by atoms with Crippen molar-refractivity contribution in [1.82, 2.24) is 9.55 Å². The van der Waals surface area contributed by atoms with E-state index in [1.54, 1.807) is 13.1 Å². The number of nitrogens with zero attached hydrogens (tertiary/aromatic N) is 2. The van der Waals surface area contributed by atoms with E-state index in [-0.39, 0.29) is 0 Å². The van der Waals surface area contributed by atoms with Crippen molar-refractivity contribution in [3.63, 3.8) is 0 Å². The van der Waals surface area contributed by atoms with Crippen molar-refractivity contribution in [2.75, 3.05) is 6.61 Å². The van der Waals surface area contributed by atoms with E-state index in [0.29, 0.717) is 19.6 Å². The first-order valence-corrected chi connectivity index (χ1v) is 5.53. The Labute approximate surface area is 95.1 Å². The van der Waals surface area contributed by atoms with Crippen LogP contribution >= 0.6 is 0 Å². The van der Waals surface area contributed by atoms with E-state index in [1.165, 1.54) is 0 Å². The lowest BCUT2D eigenvalue weighted by Crippen LogP contribution is -2.25. The molecule has 90 valence electrons. The van der Waals surface area contributed by atoms with Gasteiger partial charge in [-0.3, -0.25) is 0 Å². The van der Waals surface area contributed by atoms with Crippen LogP contribution < -0.4 is 0 Å². The quantitative estimate of drug-likeness (QED) is 0.761. The van der Waals surface area contributed by atoms with Crippen LogP contribution in [0.1, 0.15) is 26.1 Å². The summed E-state index contributed by atoms with van der Waals surface area (Å²) < 4.78 is 7.11. The van der Waals surface area contributed by atoms with Gasteiger partial charge in [0.2, 0.25) is 0 Å². The number of aromatic nitrogens is 2. The Kier molecular flexibility index (Phi) is 4.98. The Bertz CT molecular complexity index is 336. The molecular formula is C11H18N2O3. The molecule has 0 fully saturated rings. The minimum atomic E-state index is -0.903. The minimum absolute atomic E-state index is 0.418. The SMILES string of the molecule is CCOC(CCn1ccnc1CC)C(=O)O. The molecule has 0 saturated heterocycles. The zero-order chi connectivity index (χ0) is 12.0. The Morgan fingerprint density at radius 2 is 2.38 bits per heavy atom. The highest BCUT2D eigenvalue weighted by atomic mass is 16.5. The summed E-state index contributed by atoms with van der Waals surface area (Å²) in [6, 6.07) is 0. The number of imidazole rings is 1. The zero-order valence-corrected chi connectivity index (χ0v) is 9.72. The molecule has 5 nitrogen and oxygen atoms in total. The molecule has 1 aromatic rings. The van der Waals surface area contributed by atoms with Gasteiger partial charge < -0.3 is 14.4 Å². The van der Waals surface area contributed by atoms with Crippen LogP contribution in [0.15, 0.2) is 12.4 Å². The van der Waals surface area contributed by atoms with Crippen molar-refractivity contribution in [1.29, 1.82) is 0 Å². The van der Waals surface area contributed by atoms with Crippen LogP contribution in [0.2, 0.25) is 0 Å². The van der Waals surface area contributed by atoms with E-state index in [9.17, 15) is 4.79 Å². The first-order valence-electron chi connectivity index (χ1n) is 5.53. The third-order valence-electron chi connectivity index (χ3n) is 2.39. The minimum Gasteiger partial charge on any atom is -0.479 e. The summed E-state index contributed by atoms with van der Waals surface area (Å²) in [6.45, 7) is 4.86. The predicted molar refractivity (Wildman–Crippen MR) is 59.3 cm³/mol. The van der Waals surface area contributed by atoms with Crippen molar-refractivity contribution < 1.29 is 14.6 Å². The summed E-state index contributed by atoms with van der Waals surface area (Å²) in [5.41, 5.74) is 0. The van der Waals surface area contributed by atoms with Crippen LogP contribution in [0.4, 0.5) is 0 Å². The second kappa shape index (κ2) is 6.27. The molecule has 0 aliphatic heterocycles. The second-order valence-electron chi connectivity index (χ2n) is 3.46. The molecule has 5 heteroatoms. The van der Waals surface area contributed by atoms with Gasteiger partial charge in [-0.05, 0) is 6.92 Å². The number of ether oxygens (including phenoxy) is 1. The number of hydrogen-bond acceptors (Lipinski definition) is 3. The third-order valence-corrected chi connectivity index (χ3v) is 2.39. The van der Waals surface area contributed by atoms with E-state index in [0.717, 1.165) is 12.2 Å². The molecule has 0 aliphatic rings. The molecule has 0 radical (unpaired) electrons. The molecule has 1 atom stereocenters. The normalized spacial score (nSPS) is 12.6. The van der Waals surface area contributed by atoms with Gasteiger partial charge in [0.15, 0.2) is 6.10 Å².